The Morgan fingerprint density at radius 1 is 1.17 bits per heavy atom. The van der Waals surface area contributed by atoms with E-state index < -0.39 is 0 Å². The summed E-state index contributed by atoms with van der Waals surface area (Å²) in [7, 11) is 0. The first-order chi connectivity index (χ1) is 5.63. The largest absolute Gasteiger partial charge is 0.483 e. The van der Waals surface area contributed by atoms with E-state index in [2.05, 4.69) is 39.0 Å². The van der Waals surface area contributed by atoms with Gasteiger partial charge in [-0.2, -0.15) is 0 Å². The minimum Gasteiger partial charge on any atom is -0.483 e. The Kier molecular flexibility index (Phi) is 4.77. The average molecular weight is 166 g/mol. The average Bonchev–Trinajstić information content (AvgIpc) is 2.02. The van der Waals surface area contributed by atoms with Gasteiger partial charge < -0.3 is 5.11 Å². The molecule has 1 rings (SSSR count). The highest BCUT2D eigenvalue weighted by Crippen LogP contribution is 2.09. The van der Waals surface area contributed by atoms with Crippen LogP contribution in [-0.2, 0) is 4.79 Å². The Balaban J connectivity index is 0.000000354. The molecule has 2 heteroatoms. The quantitative estimate of drug-likeness (QED) is 0.600. The molecule has 0 bridgehead atoms. The van der Waals surface area contributed by atoms with Crippen molar-refractivity contribution in [3.63, 3.8) is 0 Å². The second-order valence-corrected chi connectivity index (χ2v) is 2.62. The third-order valence-corrected chi connectivity index (χ3v) is 1.88. The highest BCUT2D eigenvalue weighted by atomic mass is 16.3. The molecule has 66 valence electrons. The molecule has 0 unspecified atom stereocenters. The molecule has 0 spiro atoms. The van der Waals surface area contributed by atoms with Crippen molar-refractivity contribution in [3.05, 3.63) is 34.9 Å². The Bertz CT molecular complexity index is 234. The molecule has 0 aromatic heterocycles. The maximum absolute atomic E-state index is 8.36. The summed E-state index contributed by atoms with van der Waals surface area (Å²) >= 11 is 0. The van der Waals surface area contributed by atoms with Crippen molar-refractivity contribution in [2.75, 3.05) is 0 Å². The number of rotatable bonds is 0. The van der Waals surface area contributed by atoms with Gasteiger partial charge in [-0.05, 0) is 37.5 Å². The summed E-state index contributed by atoms with van der Waals surface area (Å²) in [5.74, 6) is 0. The van der Waals surface area contributed by atoms with Crippen LogP contribution in [0.15, 0.2) is 18.2 Å². The van der Waals surface area contributed by atoms with Gasteiger partial charge >= 0.3 is 0 Å². The van der Waals surface area contributed by atoms with Crippen LogP contribution in [0.2, 0.25) is 0 Å². The highest BCUT2D eigenvalue weighted by molar-refractivity contribution is 5.32. The fourth-order valence-corrected chi connectivity index (χ4v) is 0.898. The lowest BCUT2D eigenvalue weighted by Crippen LogP contribution is -1.82. The van der Waals surface area contributed by atoms with E-state index in [1.807, 2.05) is 0 Å². The highest BCUT2D eigenvalue weighted by Gasteiger charge is 1.91. The molecule has 1 aromatic rings. The predicted molar refractivity (Wildman–Crippen MR) is 49.3 cm³/mol. The molecule has 0 heterocycles. The zero-order valence-corrected chi connectivity index (χ0v) is 7.66. The van der Waals surface area contributed by atoms with Crippen LogP contribution in [-0.4, -0.2) is 11.6 Å². The Labute approximate surface area is 72.9 Å². The third-order valence-electron chi connectivity index (χ3n) is 1.88. The SMILES string of the molecule is Cc1cccc(C)c1C.O=CO. The topological polar surface area (TPSA) is 37.3 Å². The van der Waals surface area contributed by atoms with E-state index in [0.717, 1.165) is 0 Å². The van der Waals surface area contributed by atoms with E-state index in [-0.39, 0.29) is 6.47 Å². The van der Waals surface area contributed by atoms with E-state index in [9.17, 15) is 0 Å². The van der Waals surface area contributed by atoms with E-state index in [1.165, 1.54) is 16.7 Å². The van der Waals surface area contributed by atoms with Crippen molar-refractivity contribution in [2.24, 2.45) is 0 Å². The number of aryl methyl sites for hydroxylation is 2. The standard InChI is InChI=1S/C9H12.CH2O2/c1-7-5-4-6-8(2)9(7)3;2-1-3/h4-6H,1-3H3;1H,(H,2,3). The Morgan fingerprint density at radius 3 is 1.75 bits per heavy atom. The van der Waals surface area contributed by atoms with Gasteiger partial charge in [0.1, 0.15) is 0 Å². The van der Waals surface area contributed by atoms with E-state index >= 15 is 0 Å². The van der Waals surface area contributed by atoms with Gasteiger partial charge in [-0.15, -0.1) is 0 Å². The number of benzene rings is 1. The molecule has 0 aliphatic heterocycles. The molecule has 0 atom stereocenters. The summed E-state index contributed by atoms with van der Waals surface area (Å²) in [5.41, 5.74) is 4.18. The zero-order valence-electron chi connectivity index (χ0n) is 7.66. The van der Waals surface area contributed by atoms with Crippen LogP contribution in [0.3, 0.4) is 0 Å². The maximum atomic E-state index is 8.36. The summed E-state index contributed by atoms with van der Waals surface area (Å²) in [6, 6.07) is 6.38. The number of hydrogen-bond acceptors (Lipinski definition) is 1. The minimum absolute atomic E-state index is 0.250. The van der Waals surface area contributed by atoms with Gasteiger partial charge in [-0.25, -0.2) is 0 Å². The molecule has 0 radical (unpaired) electrons. The van der Waals surface area contributed by atoms with Crippen molar-refractivity contribution in [3.8, 4) is 0 Å². The van der Waals surface area contributed by atoms with Crippen LogP contribution in [0, 0.1) is 20.8 Å². The lowest BCUT2D eigenvalue weighted by Gasteiger charge is -2.00. The first kappa shape index (κ1) is 10.7. The summed E-state index contributed by atoms with van der Waals surface area (Å²) in [6.07, 6.45) is 0. The molecule has 0 amide bonds. The van der Waals surface area contributed by atoms with Gasteiger partial charge in [0, 0.05) is 0 Å². The fourth-order valence-electron chi connectivity index (χ4n) is 0.898. The molecule has 0 aliphatic rings. The van der Waals surface area contributed by atoms with Gasteiger partial charge in [0.05, 0.1) is 0 Å². The molecular weight excluding hydrogens is 152 g/mol. The van der Waals surface area contributed by atoms with Crippen LogP contribution in [0.5, 0.6) is 0 Å². The predicted octanol–water partition coefficient (Wildman–Crippen LogP) is 2.31. The number of carboxylic acid groups (broad SMARTS) is 1. The Hall–Kier alpha value is -1.31. The first-order valence-electron chi connectivity index (χ1n) is 3.74. The zero-order chi connectivity index (χ0) is 9.56. The van der Waals surface area contributed by atoms with Gasteiger partial charge in [0.2, 0.25) is 0 Å². The first-order valence-corrected chi connectivity index (χ1v) is 3.74. The fraction of sp³-hybridized carbons (Fsp3) is 0.300. The summed E-state index contributed by atoms with van der Waals surface area (Å²) in [5, 5.41) is 6.89. The van der Waals surface area contributed by atoms with Crippen molar-refractivity contribution < 1.29 is 9.90 Å². The van der Waals surface area contributed by atoms with Crippen molar-refractivity contribution in [1.82, 2.24) is 0 Å². The van der Waals surface area contributed by atoms with E-state index in [0.29, 0.717) is 0 Å². The van der Waals surface area contributed by atoms with Crippen LogP contribution in [0.4, 0.5) is 0 Å². The summed E-state index contributed by atoms with van der Waals surface area (Å²) in [6.45, 7) is 6.19. The van der Waals surface area contributed by atoms with E-state index in [4.69, 9.17) is 9.90 Å². The van der Waals surface area contributed by atoms with Gasteiger partial charge in [-0.1, -0.05) is 18.2 Å². The molecule has 0 saturated heterocycles. The van der Waals surface area contributed by atoms with Crippen LogP contribution in [0.25, 0.3) is 0 Å². The number of hydrogen-bond donors (Lipinski definition) is 1. The van der Waals surface area contributed by atoms with Gasteiger partial charge in [0.25, 0.3) is 6.47 Å². The maximum Gasteiger partial charge on any atom is 0.290 e. The molecule has 12 heavy (non-hydrogen) atoms. The molecule has 1 aromatic carbocycles. The number of carbonyl (C=O) groups is 1. The molecule has 0 aliphatic carbocycles. The molecule has 0 saturated carbocycles. The minimum atomic E-state index is -0.250. The lowest BCUT2D eigenvalue weighted by molar-refractivity contribution is -0.122. The molecule has 0 fully saturated rings. The smallest absolute Gasteiger partial charge is 0.290 e. The van der Waals surface area contributed by atoms with Crippen molar-refractivity contribution >= 4 is 6.47 Å². The Morgan fingerprint density at radius 2 is 1.50 bits per heavy atom. The monoisotopic (exact) mass is 166 g/mol. The van der Waals surface area contributed by atoms with Crippen LogP contribution >= 0.6 is 0 Å². The second-order valence-electron chi connectivity index (χ2n) is 2.62. The lowest BCUT2D eigenvalue weighted by atomic mass is 10.1. The summed E-state index contributed by atoms with van der Waals surface area (Å²) < 4.78 is 0. The van der Waals surface area contributed by atoms with Gasteiger partial charge in [-0.3, -0.25) is 4.79 Å². The van der Waals surface area contributed by atoms with Crippen molar-refractivity contribution in [2.45, 2.75) is 20.8 Å². The third kappa shape index (κ3) is 3.19. The van der Waals surface area contributed by atoms with Crippen LogP contribution < -0.4 is 0 Å². The molecular formula is C10H14O2. The normalized spacial score (nSPS) is 8.25. The molecule has 2 nitrogen and oxygen atoms in total. The molecule has 1 N–H and O–H groups in total. The van der Waals surface area contributed by atoms with Crippen LogP contribution in [0.1, 0.15) is 16.7 Å². The van der Waals surface area contributed by atoms with Crippen molar-refractivity contribution in [1.29, 1.82) is 0 Å². The summed E-state index contributed by atoms with van der Waals surface area (Å²) in [4.78, 5) is 8.36. The van der Waals surface area contributed by atoms with Gasteiger partial charge in [0.15, 0.2) is 0 Å². The van der Waals surface area contributed by atoms with E-state index in [1.54, 1.807) is 0 Å². The second kappa shape index (κ2) is 5.35.